The Kier molecular flexibility index (Phi) is 6.56. The zero-order valence-corrected chi connectivity index (χ0v) is 14.7. The topological polar surface area (TPSA) is 69.7 Å². The Bertz CT molecular complexity index is 641. The molecule has 0 spiro atoms. The molecule has 0 radical (unpaired) electrons. The fraction of sp³-hybridized carbons (Fsp3) is 0.562. The van der Waals surface area contributed by atoms with E-state index in [4.69, 9.17) is 0 Å². The molecule has 1 saturated heterocycles. The summed E-state index contributed by atoms with van der Waals surface area (Å²) in [6.07, 6.45) is 0.810. The highest BCUT2D eigenvalue weighted by Gasteiger charge is 2.26. The van der Waals surface area contributed by atoms with Crippen molar-refractivity contribution in [3.63, 3.8) is 0 Å². The number of carbonyl (C=O) groups excluding carboxylic acids is 1. The van der Waals surface area contributed by atoms with Gasteiger partial charge in [-0.3, -0.25) is 4.79 Å². The number of hydrogen-bond donors (Lipinski definition) is 1. The first-order valence-electron chi connectivity index (χ1n) is 8.17. The smallest absolute Gasteiger partial charge is 0.219 e. The molecule has 1 N–H and O–H groups in total. The Morgan fingerprint density at radius 2 is 1.79 bits per heavy atom. The van der Waals surface area contributed by atoms with Crippen LogP contribution in [0.3, 0.4) is 0 Å². The van der Waals surface area contributed by atoms with Gasteiger partial charge in [-0.15, -0.1) is 0 Å². The minimum Gasteiger partial charge on any atom is -0.369 e. The zero-order valence-electron chi connectivity index (χ0n) is 13.9. The number of rotatable bonds is 7. The number of sulfonamides is 1. The normalized spacial score (nSPS) is 16.2. The van der Waals surface area contributed by atoms with Gasteiger partial charge in [0.15, 0.2) is 0 Å². The Morgan fingerprint density at radius 3 is 2.38 bits per heavy atom. The summed E-state index contributed by atoms with van der Waals surface area (Å²) in [4.78, 5) is 13.2. The minimum absolute atomic E-state index is 0.0353. The first kappa shape index (κ1) is 18.7. The van der Waals surface area contributed by atoms with Gasteiger partial charge in [0.1, 0.15) is 5.82 Å². The van der Waals surface area contributed by atoms with Crippen molar-refractivity contribution >= 4 is 21.6 Å². The molecule has 2 rings (SSSR count). The lowest BCUT2D eigenvalue weighted by molar-refractivity contribution is -0.120. The number of piperazine rings is 1. The minimum atomic E-state index is -3.30. The molecule has 0 unspecified atom stereocenters. The van der Waals surface area contributed by atoms with E-state index in [1.165, 1.54) is 16.4 Å². The molecule has 1 amide bonds. The summed E-state index contributed by atoms with van der Waals surface area (Å²) >= 11 is 0. The summed E-state index contributed by atoms with van der Waals surface area (Å²) in [7, 11) is -3.30. The van der Waals surface area contributed by atoms with Crippen LogP contribution in [-0.2, 0) is 14.8 Å². The number of amides is 1. The fourth-order valence-corrected chi connectivity index (χ4v) is 4.10. The zero-order chi connectivity index (χ0) is 17.6. The van der Waals surface area contributed by atoms with Crippen LogP contribution < -0.4 is 10.2 Å². The van der Waals surface area contributed by atoms with E-state index in [2.05, 4.69) is 5.32 Å². The fourth-order valence-electron chi connectivity index (χ4n) is 2.61. The molecule has 1 aliphatic heterocycles. The molecule has 1 aromatic rings. The van der Waals surface area contributed by atoms with Crippen molar-refractivity contribution in [3.8, 4) is 0 Å². The molecular formula is C16H24FN3O3S. The van der Waals surface area contributed by atoms with Crippen molar-refractivity contribution in [1.29, 1.82) is 0 Å². The molecule has 6 nitrogen and oxygen atoms in total. The largest absolute Gasteiger partial charge is 0.369 e. The molecule has 0 aliphatic carbocycles. The average molecular weight is 357 g/mol. The van der Waals surface area contributed by atoms with Gasteiger partial charge >= 0.3 is 0 Å². The molecule has 1 aliphatic rings. The van der Waals surface area contributed by atoms with Gasteiger partial charge in [0.25, 0.3) is 0 Å². The van der Waals surface area contributed by atoms with Gasteiger partial charge in [0.2, 0.25) is 15.9 Å². The van der Waals surface area contributed by atoms with Crippen molar-refractivity contribution in [2.45, 2.75) is 19.8 Å². The van der Waals surface area contributed by atoms with Crippen LogP contribution in [0, 0.1) is 5.82 Å². The lowest BCUT2D eigenvalue weighted by Gasteiger charge is -2.35. The SMILES string of the molecule is CCC(=O)NCCCS(=O)(=O)N1CCN(c2ccc(F)cc2)CC1. The number of nitrogens with zero attached hydrogens (tertiary/aromatic N) is 2. The first-order chi connectivity index (χ1) is 11.4. The monoisotopic (exact) mass is 357 g/mol. The maximum atomic E-state index is 13.0. The second-order valence-corrected chi connectivity index (χ2v) is 7.82. The maximum absolute atomic E-state index is 13.0. The molecule has 1 aromatic carbocycles. The molecule has 134 valence electrons. The van der Waals surface area contributed by atoms with E-state index in [1.54, 1.807) is 19.1 Å². The van der Waals surface area contributed by atoms with Crippen LogP contribution in [-0.4, -0.2) is 57.1 Å². The third kappa shape index (κ3) is 5.17. The molecule has 0 bridgehead atoms. The standard InChI is InChI=1S/C16H24FN3O3S/c1-2-16(21)18-8-3-13-24(22,23)20-11-9-19(10-12-20)15-6-4-14(17)5-7-15/h4-7H,2-3,8-13H2,1H3,(H,18,21). The highest BCUT2D eigenvalue weighted by Crippen LogP contribution is 2.18. The van der Waals surface area contributed by atoms with Crippen LogP contribution in [0.25, 0.3) is 0 Å². The van der Waals surface area contributed by atoms with Gasteiger partial charge < -0.3 is 10.2 Å². The lowest BCUT2D eigenvalue weighted by atomic mass is 10.2. The van der Waals surface area contributed by atoms with Gasteiger partial charge in [-0.05, 0) is 30.7 Å². The van der Waals surface area contributed by atoms with Gasteiger partial charge in [-0.2, -0.15) is 4.31 Å². The molecule has 1 heterocycles. The predicted molar refractivity (Wildman–Crippen MR) is 91.9 cm³/mol. The van der Waals surface area contributed by atoms with E-state index in [1.807, 2.05) is 4.90 Å². The van der Waals surface area contributed by atoms with Crippen LogP contribution in [0.4, 0.5) is 10.1 Å². The predicted octanol–water partition coefficient (Wildman–Crippen LogP) is 1.19. The second kappa shape index (κ2) is 8.43. The van der Waals surface area contributed by atoms with Crippen LogP contribution in [0.15, 0.2) is 24.3 Å². The van der Waals surface area contributed by atoms with Crippen LogP contribution in [0.1, 0.15) is 19.8 Å². The Balaban J connectivity index is 1.80. The summed E-state index contributed by atoms with van der Waals surface area (Å²) in [6, 6.07) is 6.22. The third-order valence-corrected chi connectivity index (χ3v) is 6.00. The number of carbonyl (C=O) groups is 1. The highest BCUT2D eigenvalue weighted by atomic mass is 32.2. The summed E-state index contributed by atoms with van der Waals surface area (Å²) in [6.45, 7) is 4.13. The third-order valence-electron chi connectivity index (χ3n) is 4.05. The molecule has 0 saturated carbocycles. The van der Waals surface area contributed by atoms with Gasteiger partial charge in [-0.1, -0.05) is 6.92 Å². The van der Waals surface area contributed by atoms with Gasteiger partial charge in [0.05, 0.1) is 5.75 Å². The van der Waals surface area contributed by atoms with Crippen molar-refractivity contribution in [3.05, 3.63) is 30.1 Å². The maximum Gasteiger partial charge on any atom is 0.219 e. The van der Waals surface area contributed by atoms with E-state index < -0.39 is 10.0 Å². The number of benzene rings is 1. The molecule has 1 fully saturated rings. The second-order valence-electron chi connectivity index (χ2n) is 5.74. The Labute approximate surface area is 142 Å². The number of anilines is 1. The van der Waals surface area contributed by atoms with E-state index >= 15 is 0 Å². The summed E-state index contributed by atoms with van der Waals surface area (Å²) in [5, 5.41) is 2.68. The first-order valence-corrected chi connectivity index (χ1v) is 9.78. The van der Waals surface area contributed by atoms with Crippen LogP contribution >= 0.6 is 0 Å². The number of halogens is 1. The van der Waals surface area contributed by atoms with Crippen LogP contribution in [0.5, 0.6) is 0 Å². The highest BCUT2D eigenvalue weighted by molar-refractivity contribution is 7.89. The lowest BCUT2D eigenvalue weighted by Crippen LogP contribution is -2.49. The van der Waals surface area contributed by atoms with E-state index in [-0.39, 0.29) is 17.5 Å². The molecule has 24 heavy (non-hydrogen) atoms. The van der Waals surface area contributed by atoms with Crippen molar-refractivity contribution in [2.24, 2.45) is 0 Å². The van der Waals surface area contributed by atoms with E-state index in [0.717, 1.165) is 5.69 Å². The van der Waals surface area contributed by atoms with Crippen molar-refractivity contribution in [2.75, 3.05) is 43.4 Å². The molecule has 8 heteroatoms. The van der Waals surface area contributed by atoms with Crippen molar-refractivity contribution in [1.82, 2.24) is 9.62 Å². The summed E-state index contributed by atoms with van der Waals surface area (Å²) < 4.78 is 39.1. The van der Waals surface area contributed by atoms with Gasteiger partial charge in [-0.25, -0.2) is 12.8 Å². The summed E-state index contributed by atoms with van der Waals surface area (Å²) in [5.74, 6) is -0.316. The molecule has 0 atom stereocenters. The molecular weight excluding hydrogens is 333 g/mol. The van der Waals surface area contributed by atoms with Gasteiger partial charge in [0, 0.05) is 44.8 Å². The number of hydrogen-bond acceptors (Lipinski definition) is 4. The van der Waals surface area contributed by atoms with E-state index in [9.17, 15) is 17.6 Å². The Hall–Kier alpha value is -1.67. The average Bonchev–Trinajstić information content (AvgIpc) is 2.59. The van der Waals surface area contributed by atoms with Crippen molar-refractivity contribution < 1.29 is 17.6 Å². The number of nitrogens with one attached hydrogen (secondary N) is 1. The Morgan fingerprint density at radius 1 is 1.17 bits per heavy atom. The van der Waals surface area contributed by atoms with E-state index in [0.29, 0.717) is 45.6 Å². The quantitative estimate of drug-likeness (QED) is 0.745. The van der Waals surface area contributed by atoms with Crippen LogP contribution in [0.2, 0.25) is 0 Å². The molecule has 0 aromatic heterocycles. The summed E-state index contributed by atoms with van der Waals surface area (Å²) in [5.41, 5.74) is 0.899.